The molecule has 2 unspecified atom stereocenters. The summed E-state index contributed by atoms with van der Waals surface area (Å²) in [5, 5.41) is 3.04. The molecule has 0 saturated carbocycles. The molecule has 7 heteroatoms. The van der Waals surface area contributed by atoms with Crippen molar-refractivity contribution in [2.24, 2.45) is 5.92 Å². The molecule has 0 radical (unpaired) electrons. The molecular formula is C24H32N2O4S. The maximum atomic E-state index is 13.4. The monoisotopic (exact) mass is 444 g/mol. The molecule has 3 rings (SSSR count). The van der Waals surface area contributed by atoms with E-state index in [4.69, 9.17) is 4.74 Å². The summed E-state index contributed by atoms with van der Waals surface area (Å²) >= 11 is 0. The Morgan fingerprint density at radius 2 is 1.74 bits per heavy atom. The molecule has 6 nitrogen and oxygen atoms in total. The lowest BCUT2D eigenvalue weighted by Gasteiger charge is -2.32. The number of methoxy groups -OCH3 is 1. The molecule has 1 amide bonds. The zero-order valence-electron chi connectivity index (χ0n) is 18.9. The van der Waals surface area contributed by atoms with Gasteiger partial charge in [-0.05, 0) is 69.4 Å². The lowest BCUT2D eigenvalue weighted by molar-refractivity contribution is -0.126. The molecule has 2 aromatic rings. The first kappa shape index (κ1) is 23.3. The Hall–Kier alpha value is -2.38. The summed E-state index contributed by atoms with van der Waals surface area (Å²) in [6.45, 7) is 8.19. The number of hydrogen-bond donors (Lipinski definition) is 1. The van der Waals surface area contributed by atoms with Crippen molar-refractivity contribution in [2.75, 3.05) is 20.2 Å². The van der Waals surface area contributed by atoms with E-state index in [0.717, 1.165) is 28.0 Å². The SMILES string of the molecule is COc1ccc(C(C)NC(=O)C2CCCN(S(=O)(=O)c3c(C)cc(C)cc3C)C2)cc1. The fourth-order valence-corrected chi connectivity index (χ4v) is 6.32. The number of hydrogen-bond acceptors (Lipinski definition) is 4. The molecule has 2 aromatic carbocycles. The summed E-state index contributed by atoms with van der Waals surface area (Å²) in [7, 11) is -2.04. The number of sulfonamides is 1. The number of amides is 1. The van der Waals surface area contributed by atoms with Crippen molar-refractivity contribution in [3.63, 3.8) is 0 Å². The minimum absolute atomic E-state index is 0.111. The Labute approximate surface area is 185 Å². The number of rotatable bonds is 6. The van der Waals surface area contributed by atoms with Gasteiger partial charge in [0.25, 0.3) is 0 Å². The predicted molar refractivity (Wildman–Crippen MR) is 122 cm³/mol. The van der Waals surface area contributed by atoms with E-state index in [1.54, 1.807) is 7.11 Å². The zero-order chi connectivity index (χ0) is 22.8. The van der Waals surface area contributed by atoms with Crippen LogP contribution in [0.2, 0.25) is 0 Å². The Bertz CT molecular complexity index is 1020. The molecular weight excluding hydrogens is 412 g/mol. The van der Waals surface area contributed by atoms with Crippen LogP contribution in [0.5, 0.6) is 5.75 Å². The van der Waals surface area contributed by atoms with E-state index >= 15 is 0 Å². The minimum Gasteiger partial charge on any atom is -0.497 e. The Balaban J connectivity index is 1.73. The Morgan fingerprint density at radius 3 is 2.32 bits per heavy atom. The molecule has 1 N–H and O–H groups in total. The minimum atomic E-state index is -3.66. The van der Waals surface area contributed by atoms with Crippen LogP contribution in [0.1, 0.15) is 48.1 Å². The third-order valence-electron chi connectivity index (χ3n) is 5.93. The molecule has 1 heterocycles. The summed E-state index contributed by atoms with van der Waals surface area (Å²) in [5.41, 5.74) is 3.51. The number of nitrogens with one attached hydrogen (secondary N) is 1. The largest absolute Gasteiger partial charge is 0.497 e. The second-order valence-corrected chi connectivity index (χ2v) is 10.3. The van der Waals surface area contributed by atoms with E-state index in [1.807, 2.05) is 64.1 Å². The summed E-state index contributed by atoms with van der Waals surface area (Å²) in [4.78, 5) is 13.3. The van der Waals surface area contributed by atoms with Gasteiger partial charge in [-0.15, -0.1) is 0 Å². The maximum Gasteiger partial charge on any atom is 0.243 e. The van der Waals surface area contributed by atoms with Crippen molar-refractivity contribution in [2.45, 2.75) is 51.5 Å². The molecule has 31 heavy (non-hydrogen) atoms. The molecule has 0 bridgehead atoms. The summed E-state index contributed by atoms with van der Waals surface area (Å²) in [5.74, 6) is 0.285. The van der Waals surface area contributed by atoms with Crippen molar-refractivity contribution < 1.29 is 17.9 Å². The molecule has 1 aliphatic heterocycles. The number of ether oxygens (including phenoxy) is 1. The standard InChI is InChI=1S/C24H32N2O4S/c1-16-13-17(2)23(18(3)14-16)31(28,29)26-12-6-7-21(15-26)24(27)25-19(4)20-8-10-22(30-5)11-9-20/h8-11,13-14,19,21H,6-7,12,15H2,1-5H3,(H,25,27). The summed E-state index contributed by atoms with van der Waals surface area (Å²) in [6, 6.07) is 11.2. The van der Waals surface area contributed by atoms with E-state index < -0.39 is 10.0 Å². The maximum absolute atomic E-state index is 13.4. The van der Waals surface area contributed by atoms with Crippen molar-refractivity contribution in [3.05, 3.63) is 58.7 Å². The lowest BCUT2D eigenvalue weighted by Crippen LogP contribution is -2.46. The molecule has 1 aliphatic rings. The van der Waals surface area contributed by atoms with E-state index in [0.29, 0.717) is 24.3 Å². The van der Waals surface area contributed by atoms with Gasteiger partial charge >= 0.3 is 0 Å². The van der Waals surface area contributed by atoms with Gasteiger partial charge in [-0.1, -0.05) is 29.8 Å². The Kier molecular flexibility index (Phi) is 7.06. The normalized spacial score (nSPS) is 18.4. The second kappa shape index (κ2) is 9.40. The number of aryl methyl sites for hydroxylation is 3. The first-order valence-electron chi connectivity index (χ1n) is 10.7. The van der Waals surface area contributed by atoms with Crippen LogP contribution >= 0.6 is 0 Å². The van der Waals surface area contributed by atoms with Crippen LogP contribution in [0.3, 0.4) is 0 Å². The van der Waals surface area contributed by atoms with Crippen molar-refractivity contribution in [1.29, 1.82) is 0 Å². The summed E-state index contributed by atoms with van der Waals surface area (Å²) < 4.78 is 33.4. The molecule has 0 aliphatic carbocycles. The van der Waals surface area contributed by atoms with Crippen LogP contribution in [0.25, 0.3) is 0 Å². The molecule has 168 valence electrons. The van der Waals surface area contributed by atoms with Crippen LogP contribution in [0.15, 0.2) is 41.3 Å². The van der Waals surface area contributed by atoms with Gasteiger partial charge in [0.05, 0.1) is 24.0 Å². The van der Waals surface area contributed by atoms with E-state index in [9.17, 15) is 13.2 Å². The number of carbonyl (C=O) groups is 1. The van der Waals surface area contributed by atoms with Crippen LogP contribution in [-0.4, -0.2) is 38.8 Å². The van der Waals surface area contributed by atoms with E-state index in [1.165, 1.54) is 4.31 Å². The zero-order valence-corrected chi connectivity index (χ0v) is 19.8. The van der Waals surface area contributed by atoms with Gasteiger partial charge in [0.1, 0.15) is 5.75 Å². The topological polar surface area (TPSA) is 75.7 Å². The van der Waals surface area contributed by atoms with Gasteiger partial charge in [-0.2, -0.15) is 4.31 Å². The average Bonchev–Trinajstić information content (AvgIpc) is 2.73. The average molecular weight is 445 g/mol. The van der Waals surface area contributed by atoms with Crippen molar-refractivity contribution >= 4 is 15.9 Å². The van der Waals surface area contributed by atoms with Crippen LogP contribution in [0, 0.1) is 26.7 Å². The van der Waals surface area contributed by atoms with Crippen molar-refractivity contribution in [1.82, 2.24) is 9.62 Å². The first-order chi connectivity index (χ1) is 14.6. The predicted octanol–water partition coefficient (Wildman–Crippen LogP) is 3.90. The molecule has 1 fully saturated rings. The highest BCUT2D eigenvalue weighted by molar-refractivity contribution is 7.89. The molecule has 1 saturated heterocycles. The molecule has 0 spiro atoms. The van der Waals surface area contributed by atoms with Crippen LogP contribution < -0.4 is 10.1 Å². The van der Waals surface area contributed by atoms with Gasteiger partial charge < -0.3 is 10.1 Å². The van der Waals surface area contributed by atoms with Crippen molar-refractivity contribution in [3.8, 4) is 5.75 Å². The number of benzene rings is 2. The third kappa shape index (κ3) is 5.10. The van der Waals surface area contributed by atoms with Gasteiger partial charge in [-0.25, -0.2) is 8.42 Å². The Morgan fingerprint density at radius 1 is 1.13 bits per heavy atom. The van der Waals surface area contributed by atoms with Gasteiger partial charge in [0.2, 0.25) is 15.9 Å². The van der Waals surface area contributed by atoms with Crippen LogP contribution in [0.4, 0.5) is 0 Å². The smallest absolute Gasteiger partial charge is 0.243 e. The number of nitrogens with zero attached hydrogens (tertiary/aromatic N) is 1. The highest BCUT2D eigenvalue weighted by atomic mass is 32.2. The fraction of sp³-hybridized carbons (Fsp3) is 0.458. The first-order valence-corrected chi connectivity index (χ1v) is 12.1. The van der Waals surface area contributed by atoms with Gasteiger partial charge in [0.15, 0.2) is 0 Å². The lowest BCUT2D eigenvalue weighted by atomic mass is 9.98. The highest BCUT2D eigenvalue weighted by Gasteiger charge is 2.35. The highest BCUT2D eigenvalue weighted by Crippen LogP contribution is 2.29. The van der Waals surface area contributed by atoms with Gasteiger partial charge in [0, 0.05) is 13.1 Å². The fourth-order valence-electron chi connectivity index (χ4n) is 4.38. The van der Waals surface area contributed by atoms with Gasteiger partial charge in [-0.3, -0.25) is 4.79 Å². The van der Waals surface area contributed by atoms with Crippen LogP contribution in [-0.2, 0) is 14.8 Å². The molecule has 0 aromatic heterocycles. The van der Waals surface area contributed by atoms with E-state index in [-0.39, 0.29) is 24.4 Å². The quantitative estimate of drug-likeness (QED) is 0.733. The second-order valence-electron chi connectivity index (χ2n) is 8.43. The van der Waals surface area contributed by atoms with E-state index in [2.05, 4.69) is 5.32 Å². The number of carbonyl (C=O) groups excluding carboxylic acids is 1. The summed E-state index contributed by atoms with van der Waals surface area (Å²) in [6.07, 6.45) is 1.34. The third-order valence-corrected chi connectivity index (χ3v) is 8.10. The number of piperidine rings is 1. The molecule has 2 atom stereocenters.